The highest BCUT2D eigenvalue weighted by atomic mass is 79.9. The Labute approximate surface area is 182 Å². The van der Waals surface area contributed by atoms with Crippen LogP contribution in [0, 0.1) is 13.8 Å². The van der Waals surface area contributed by atoms with Gasteiger partial charge in [-0.15, -0.1) is 0 Å². The number of carbonyl (C=O) groups is 1. The molecule has 1 aliphatic heterocycles. The van der Waals surface area contributed by atoms with E-state index in [-0.39, 0.29) is 6.10 Å². The van der Waals surface area contributed by atoms with E-state index in [1.165, 1.54) is 0 Å². The summed E-state index contributed by atoms with van der Waals surface area (Å²) in [6.45, 7) is 15.9. The second-order valence-corrected chi connectivity index (χ2v) is 10.1. The molecule has 0 saturated carbocycles. The number of rotatable bonds is 5. The number of hydrogen-bond acceptors (Lipinski definition) is 5. The Morgan fingerprint density at radius 3 is 2.24 bits per heavy atom. The van der Waals surface area contributed by atoms with Gasteiger partial charge in [-0.3, -0.25) is 4.98 Å². The van der Waals surface area contributed by atoms with Gasteiger partial charge in [-0.2, -0.15) is 0 Å². The first-order chi connectivity index (χ1) is 13.2. The lowest BCUT2D eigenvalue weighted by Crippen LogP contribution is -2.41. The summed E-state index contributed by atoms with van der Waals surface area (Å²) in [5.41, 5.74) is 1.33. The molecule has 2 rings (SSSR count). The predicted molar refractivity (Wildman–Crippen MR) is 117 cm³/mol. The predicted octanol–water partition coefficient (Wildman–Crippen LogP) is 5.60. The van der Waals surface area contributed by atoms with E-state index in [1.54, 1.807) is 6.92 Å². The van der Waals surface area contributed by atoms with E-state index in [2.05, 4.69) is 25.8 Å². The summed E-state index contributed by atoms with van der Waals surface area (Å²) < 4.78 is 27.0. The number of pyridine rings is 1. The number of aromatic nitrogens is 1. The van der Waals surface area contributed by atoms with E-state index < -0.39 is 23.3 Å². The van der Waals surface area contributed by atoms with Crippen LogP contribution in [-0.4, -0.2) is 41.4 Å². The Balaban J connectivity index is 2.60. The van der Waals surface area contributed by atoms with Crippen LogP contribution < -0.4 is 4.90 Å². The zero-order chi connectivity index (χ0) is 22.1. The molecule has 1 aromatic heterocycles. The molecule has 0 radical (unpaired) electrons. The second kappa shape index (κ2) is 8.88. The van der Waals surface area contributed by atoms with E-state index in [0.29, 0.717) is 37.2 Å². The summed E-state index contributed by atoms with van der Waals surface area (Å²) in [6, 6.07) is 0. The summed E-state index contributed by atoms with van der Waals surface area (Å²) in [5.74, 6) is -0.441. The van der Waals surface area contributed by atoms with Gasteiger partial charge in [0.05, 0.1) is 27.6 Å². The first kappa shape index (κ1) is 24.1. The zero-order valence-electron chi connectivity index (χ0n) is 18.9. The largest absolute Gasteiger partial charge is 0.461 e. The molecule has 0 bridgehead atoms. The van der Waals surface area contributed by atoms with Gasteiger partial charge in [0.1, 0.15) is 5.67 Å². The van der Waals surface area contributed by atoms with Crippen LogP contribution in [0.5, 0.6) is 0 Å². The third kappa shape index (κ3) is 6.14. The molecule has 0 spiro atoms. The number of halogens is 2. The third-order valence-corrected chi connectivity index (χ3v) is 5.88. The highest BCUT2D eigenvalue weighted by Crippen LogP contribution is 2.42. The summed E-state index contributed by atoms with van der Waals surface area (Å²) >= 11 is 3.67. The number of anilines is 1. The fourth-order valence-corrected chi connectivity index (χ4v) is 4.07. The molecule has 1 saturated heterocycles. The minimum absolute atomic E-state index is 0.263. The fraction of sp³-hybridized carbons (Fsp3) is 0.727. The van der Waals surface area contributed by atoms with Crippen molar-refractivity contribution in [2.75, 3.05) is 18.0 Å². The van der Waals surface area contributed by atoms with Crippen molar-refractivity contribution in [2.24, 2.45) is 0 Å². The standard InChI is InChI=1S/C22H34BrFN2O3/c1-13(2)28-20(27)19(29-21(5,6)7)16-14(3)25-15(4)17(23)18(16)26-11-9-22(8,24)10-12-26/h13,19H,9-12H2,1-8H3. The van der Waals surface area contributed by atoms with Gasteiger partial charge in [-0.1, -0.05) is 0 Å². The summed E-state index contributed by atoms with van der Waals surface area (Å²) in [6.07, 6.45) is -0.321. The monoisotopic (exact) mass is 472 g/mol. The Hall–Kier alpha value is -1.21. The molecule has 1 fully saturated rings. The van der Waals surface area contributed by atoms with E-state index in [9.17, 15) is 9.18 Å². The number of piperidine rings is 1. The Morgan fingerprint density at radius 1 is 1.21 bits per heavy atom. The minimum atomic E-state index is -1.17. The Morgan fingerprint density at radius 2 is 1.76 bits per heavy atom. The van der Waals surface area contributed by atoms with Crippen molar-refractivity contribution < 1.29 is 18.7 Å². The molecule has 7 heteroatoms. The maximum Gasteiger partial charge on any atom is 0.340 e. The van der Waals surface area contributed by atoms with Gasteiger partial charge in [-0.25, -0.2) is 9.18 Å². The Kier molecular flexibility index (Phi) is 7.37. The lowest BCUT2D eigenvalue weighted by Gasteiger charge is -2.39. The molecule has 0 amide bonds. The first-order valence-electron chi connectivity index (χ1n) is 10.2. The normalized spacial score (nSPS) is 18.1. The van der Waals surface area contributed by atoms with Crippen LogP contribution in [0.25, 0.3) is 0 Å². The van der Waals surface area contributed by atoms with Crippen LogP contribution in [0.3, 0.4) is 0 Å². The highest BCUT2D eigenvalue weighted by Gasteiger charge is 2.37. The number of hydrogen-bond donors (Lipinski definition) is 0. The number of carbonyl (C=O) groups excluding carboxylic acids is 1. The Bertz CT molecular complexity index is 749. The summed E-state index contributed by atoms with van der Waals surface area (Å²) in [4.78, 5) is 19.8. The molecular formula is C22H34BrFN2O3. The van der Waals surface area contributed by atoms with Crippen molar-refractivity contribution >= 4 is 27.6 Å². The molecule has 1 unspecified atom stereocenters. The van der Waals surface area contributed by atoms with Gasteiger partial charge in [-0.05, 0) is 84.2 Å². The van der Waals surface area contributed by atoms with Gasteiger partial charge in [0, 0.05) is 24.3 Å². The molecule has 2 heterocycles. The van der Waals surface area contributed by atoms with Crippen molar-refractivity contribution in [1.82, 2.24) is 4.98 Å². The molecular weight excluding hydrogens is 439 g/mol. The number of esters is 1. The molecule has 5 nitrogen and oxygen atoms in total. The molecule has 1 aliphatic rings. The summed E-state index contributed by atoms with van der Waals surface area (Å²) in [5, 5.41) is 0. The average Bonchev–Trinajstić information content (AvgIpc) is 2.55. The molecule has 1 aromatic rings. The third-order valence-electron chi connectivity index (χ3n) is 4.93. The number of nitrogens with zero attached hydrogens (tertiary/aromatic N) is 2. The number of ether oxygens (including phenoxy) is 2. The minimum Gasteiger partial charge on any atom is -0.461 e. The van der Waals surface area contributed by atoms with Crippen molar-refractivity contribution in [3.63, 3.8) is 0 Å². The van der Waals surface area contributed by atoms with Crippen LogP contribution >= 0.6 is 15.9 Å². The van der Waals surface area contributed by atoms with E-state index in [0.717, 1.165) is 15.9 Å². The fourth-order valence-electron chi connectivity index (χ4n) is 3.51. The summed E-state index contributed by atoms with van der Waals surface area (Å²) in [7, 11) is 0. The maximum atomic E-state index is 14.4. The van der Waals surface area contributed by atoms with Crippen molar-refractivity contribution in [1.29, 1.82) is 0 Å². The van der Waals surface area contributed by atoms with Gasteiger partial charge in [0.25, 0.3) is 0 Å². The molecule has 1 atom stereocenters. The zero-order valence-corrected chi connectivity index (χ0v) is 20.4. The van der Waals surface area contributed by atoms with E-state index >= 15 is 0 Å². The smallest absolute Gasteiger partial charge is 0.340 e. The van der Waals surface area contributed by atoms with Crippen LogP contribution in [0.4, 0.5) is 10.1 Å². The average molecular weight is 473 g/mol. The van der Waals surface area contributed by atoms with Gasteiger partial charge < -0.3 is 14.4 Å². The van der Waals surface area contributed by atoms with Crippen molar-refractivity contribution in [3.8, 4) is 0 Å². The quantitative estimate of drug-likeness (QED) is 0.522. The van der Waals surface area contributed by atoms with Gasteiger partial charge in [0.2, 0.25) is 0 Å². The SMILES string of the molecule is Cc1nc(C)c(C(OC(C)(C)C)C(=O)OC(C)C)c(N2CCC(C)(F)CC2)c1Br. The van der Waals surface area contributed by atoms with Crippen molar-refractivity contribution in [3.05, 3.63) is 21.4 Å². The number of aryl methyl sites for hydroxylation is 2. The van der Waals surface area contributed by atoms with Crippen LogP contribution in [-0.2, 0) is 14.3 Å². The second-order valence-electron chi connectivity index (χ2n) is 9.36. The number of alkyl halides is 1. The molecule has 0 aromatic carbocycles. The van der Waals surface area contributed by atoms with E-state index in [1.807, 2.05) is 48.5 Å². The molecule has 29 heavy (non-hydrogen) atoms. The van der Waals surface area contributed by atoms with E-state index in [4.69, 9.17) is 9.47 Å². The lowest BCUT2D eigenvalue weighted by molar-refractivity contribution is -0.171. The van der Waals surface area contributed by atoms with Gasteiger partial charge >= 0.3 is 5.97 Å². The molecule has 0 aliphatic carbocycles. The van der Waals surface area contributed by atoms with Crippen LogP contribution in [0.1, 0.15) is 77.4 Å². The molecule has 0 N–H and O–H groups in total. The van der Waals surface area contributed by atoms with Crippen LogP contribution in [0.2, 0.25) is 0 Å². The van der Waals surface area contributed by atoms with Gasteiger partial charge in [0.15, 0.2) is 6.10 Å². The van der Waals surface area contributed by atoms with Crippen LogP contribution in [0.15, 0.2) is 4.47 Å². The topological polar surface area (TPSA) is 51.7 Å². The first-order valence-corrected chi connectivity index (χ1v) is 11.0. The lowest BCUT2D eigenvalue weighted by atomic mass is 9.94. The van der Waals surface area contributed by atoms with Crippen molar-refractivity contribution in [2.45, 2.75) is 91.7 Å². The highest BCUT2D eigenvalue weighted by molar-refractivity contribution is 9.10. The maximum absolute atomic E-state index is 14.4. The molecule has 164 valence electrons.